The van der Waals surface area contributed by atoms with Gasteiger partial charge in [-0.05, 0) is 36.8 Å². The Morgan fingerprint density at radius 3 is 2.65 bits per heavy atom. The van der Waals surface area contributed by atoms with Gasteiger partial charge in [-0.1, -0.05) is 35.9 Å². The Bertz CT molecular complexity index is 1030. The fourth-order valence-corrected chi connectivity index (χ4v) is 2.71. The third-order valence-electron chi connectivity index (χ3n) is 4.06. The van der Waals surface area contributed by atoms with Crippen molar-refractivity contribution in [1.29, 1.82) is 0 Å². The Labute approximate surface area is 154 Å². The lowest BCUT2D eigenvalue weighted by Crippen LogP contribution is -2.23. The van der Waals surface area contributed by atoms with Crippen molar-refractivity contribution in [3.8, 4) is 0 Å². The first-order valence-corrected chi connectivity index (χ1v) is 8.34. The number of rotatable bonds is 4. The van der Waals surface area contributed by atoms with Crippen LogP contribution < -0.4 is 10.9 Å². The zero-order chi connectivity index (χ0) is 18.7. The summed E-state index contributed by atoms with van der Waals surface area (Å²) >= 11 is 6.06. The van der Waals surface area contributed by atoms with Gasteiger partial charge in [-0.15, -0.1) is 0 Å². The Kier molecular flexibility index (Phi) is 5.19. The van der Waals surface area contributed by atoms with Crippen LogP contribution in [0.2, 0.25) is 5.02 Å². The molecule has 3 aromatic rings. The molecule has 0 aliphatic carbocycles. The molecule has 0 aliphatic heterocycles. The predicted molar refractivity (Wildman–Crippen MR) is 100 cm³/mol. The lowest BCUT2D eigenvalue weighted by Gasteiger charge is -2.11. The van der Waals surface area contributed by atoms with Crippen LogP contribution in [0.25, 0.3) is 0 Å². The molecule has 132 valence electrons. The summed E-state index contributed by atoms with van der Waals surface area (Å²) in [4.78, 5) is 24.6. The average molecular weight is 371 g/mol. The van der Waals surface area contributed by atoms with Crippen molar-refractivity contribution >= 4 is 23.2 Å². The fourth-order valence-electron chi connectivity index (χ4n) is 2.54. The number of halogens is 2. The number of nitrogens with zero attached hydrogens (tertiary/aromatic N) is 1. The second kappa shape index (κ2) is 7.54. The van der Waals surface area contributed by atoms with E-state index in [0.717, 1.165) is 5.56 Å². The zero-order valence-corrected chi connectivity index (χ0v) is 14.8. The van der Waals surface area contributed by atoms with E-state index < -0.39 is 5.82 Å². The summed E-state index contributed by atoms with van der Waals surface area (Å²) in [7, 11) is 0. The number of aromatic nitrogens is 1. The number of carbonyl (C=O) groups is 1. The van der Waals surface area contributed by atoms with Crippen molar-refractivity contribution in [2.24, 2.45) is 0 Å². The van der Waals surface area contributed by atoms with Crippen LogP contribution in [0.5, 0.6) is 0 Å². The van der Waals surface area contributed by atoms with Crippen LogP contribution in [0.4, 0.5) is 10.1 Å². The molecule has 6 heteroatoms. The highest BCUT2D eigenvalue weighted by Gasteiger charge is 2.11. The van der Waals surface area contributed by atoms with Gasteiger partial charge in [-0.3, -0.25) is 9.59 Å². The lowest BCUT2D eigenvalue weighted by atomic mass is 10.1. The fraction of sp³-hybridized carbons (Fsp3) is 0.100. The van der Waals surface area contributed by atoms with Crippen LogP contribution in [0, 0.1) is 12.7 Å². The third kappa shape index (κ3) is 3.83. The molecule has 1 N–H and O–H groups in total. The van der Waals surface area contributed by atoms with E-state index in [-0.39, 0.29) is 18.0 Å². The molecule has 1 aromatic heterocycles. The predicted octanol–water partition coefficient (Wildman–Crippen LogP) is 4.25. The molecule has 2 aromatic carbocycles. The molecule has 4 nitrogen and oxygen atoms in total. The molecule has 26 heavy (non-hydrogen) atoms. The van der Waals surface area contributed by atoms with E-state index in [1.807, 2.05) is 0 Å². The van der Waals surface area contributed by atoms with Crippen LogP contribution in [0.3, 0.4) is 0 Å². The van der Waals surface area contributed by atoms with Crippen molar-refractivity contribution in [3.63, 3.8) is 0 Å². The number of hydrogen-bond donors (Lipinski definition) is 1. The minimum atomic E-state index is -0.399. The quantitative estimate of drug-likeness (QED) is 0.746. The second-order valence-electron chi connectivity index (χ2n) is 5.84. The van der Waals surface area contributed by atoms with Crippen LogP contribution >= 0.6 is 11.6 Å². The molecule has 0 aliphatic rings. The average Bonchev–Trinajstić information content (AvgIpc) is 2.62. The summed E-state index contributed by atoms with van der Waals surface area (Å²) < 4.78 is 15.1. The summed E-state index contributed by atoms with van der Waals surface area (Å²) in [5, 5.41) is 3.32. The minimum absolute atomic E-state index is 0.0445. The molecular weight excluding hydrogens is 355 g/mol. The highest BCUT2D eigenvalue weighted by atomic mass is 35.5. The van der Waals surface area contributed by atoms with Gasteiger partial charge in [0.05, 0.1) is 12.1 Å². The van der Waals surface area contributed by atoms with Crippen molar-refractivity contribution < 1.29 is 9.18 Å². The van der Waals surface area contributed by atoms with Gasteiger partial charge in [0, 0.05) is 28.5 Å². The Hall–Kier alpha value is -2.92. The highest BCUT2D eigenvalue weighted by Crippen LogP contribution is 2.23. The maximum atomic E-state index is 13.8. The van der Waals surface area contributed by atoms with E-state index >= 15 is 0 Å². The Morgan fingerprint density at radius 2 is 1.88 bits per heavy atom. The molecular formula is C20H16ClFN2O2. The molecule has 0 unspecified atom stereocenters. The van der Waals surface area contributed by atoms with Gasteiger partial charge in [0.1, 0.15) is 5.82 Å². The van der Waals surface area contributed by atoms with Gasteiger partial charge in [0.25, 0.3) is 11.5 Å². The largest absolute Gasteiger partial charge is 0.322 e. The number of carbonyl (C=O) groups excluding carboxylic acids is 1. The van der Waals surface area contributed by atoms with Crippen molar-refractivity contribution in [2.45, 2.75) is 13.5 Å². The standard InChI is InChI=1S/C20H16ClFN2O2/c1-13-16(21)6-4-8-18(13)23-20(26)15-9-10-19(25)24(12-15)11-14-5-2-3-7-17(14)22/h2-10,12H,11H2,1H3,(H,23,26). The number of amides is 1. The monoisotopic (exact) mass is 370 g/mol. The second-order valence-corrected chi connectivity index (χ2v) is 6.25. The SMILES string of the molecule is Cc1c(Cl)cccc1NC(=O)c1ccc(=O)n(Cc2ccccc2F)c1. The van der Waals surface area contributed by atoms with Gasteiger partial charge >= 0.3 is 0 Å². The number of pyridine rings is 1. The number of nitrogens with one attached hydrogen (secondary N) is 1. The lowest BCUT2D eigenvalue weighted by molar-refractivity contribution is 0.102. The van der Waals surface area contributed by atoms with Crippen LogP contribution in [-0.4, -0.2) is 10.5 Å². The van der Waals surface area contributed by atoms with Gasteiger partial charge in [0.2, 0.25) is 0 Å². The van der Waals surface area contributed by atoms with Gasteiger partial charge in [-0.25, -0.2) is 4.39 Å². The van der Waals surface area contributed by atoms with E-state index in [1.165, 1.54) is 29.0 Å². The molecule has 0 atom stereocenters. The first-order chi connectivity index (χ1) is 12.5. The van der Waals surface area contributed by atoms with E-state index in [1.54, 1.807) is 43.3 Å². The highest BCUT2D eigenvalue weighted by molar-refractivity contribution is 6.31. The summed E-state index contributed by atoms with van der Waals surface area (Å²) in [6.45, 7) is 1.85. The molecule has 3 rings (SSSR count). The normalized spacial score (nSPS) is 10.6. The minimum Gasteiger partial charge on any atom is -0.322 e. The first-order valence-electron chi connectivity index (χ1n) is 7.96. The molecule has 0 radical (unpaired) electrons. The van der Waals surface area contributed by atoms with Crippen molar-refractivity contribution in [2.75, 3.05) is 5.32 Å². The number of benzene rings is 2. The zero-order valence-electron chi connectivity index (χ0n) is 14.0. The molecule has 0 fully saturated rings. The van der Waals surface area contributed by atoms with Gasteiger partial charge in [0.15, 0.2) is 0 Å². The van der Waals surface area contributed by atoms with Crippen molar-refractivity contribution in [3.05, 3.63) is 98.7 Å². The molecule has 1 amide bonds. The number of hydrogen-bond acceptors (Lipinski definition) is 2. The first kappa shape index (κ1) is 17.9. The molecule has 1 heterocycles. The van der Waals surface area contributed by atoms with Gasteiger partial charge < -0.3 is 9.88 Å². The Morgan fingerprint density at radius 1 is 1.12 bits per heavy atom. The maximum absolute atomic E-state index is 13.8. The summed E-state index contributed by atoms with van der Waals surface area (Å²) in [6, 6.07) is 14.2. The van der Waals surface area contributed by atoms with E-state index in [0.29, 0.717) is 21.8 Å². The topological polar surface area (TPSA) is 51.1 Å². The van der Waals surface area contributed by atoms with E-state index in [9.17, 15) is 14.0 Å². The van der Waals surface area contributed by atoms with Crippen LogP contribution in [0.1, 0.15) is 21.5 Å². The summed E-state index contributed by atoms with van der Waals surface area (Å²) in [5.74, 6) is -0.776. The third-order valence-corrected chi connectivity index (χ3v) is 4.47. The summed E-state index contributed by atoms with van der Waals surface area (Å²) in [6.07, 6.45) is 1.42. The molecule has 0 saturated carbocycles. The van der Waals surface area contributed by atoms with E-state index in [4.69, 9.17) is 11.6 Å². The maximum Gasteiger partial charge on any atom is 0.257 e. The smallest absolute Gasteiger partial charge is 0.257 e. The Balaban J connectivity index is 1.87. The van der Waals surface area contributed by atoms with E-state index in [2.05, 4.69) is 5.32 Å². The number of anilines is 1. The van der Waals surface area contributed by atoms with Crippen LogP contribution in [0.15, 0.2) is 65.6 Å². The van der Waals surface area contributed by atoms with Crippen molar-refractivity contribution in [1.82, 2.24) is 4.57 Å². The molecule has 0 saturated heterocycles. The molecule has 0 bridgehead atoms. The van der Waals surface area contributed by atoms with Crippen LogP contribution in [-0.2, 0) is 6.54 Å². The molecule has 0 spiro atoms. The summed E-state index contributed by atoms with van der Waals surface area (Å²) in [5.41, 5.74) is 1.69. The van der Waals surface area contributed by atoms with Gasteiger partial charge in [-0.2, -0.15) is 0 Å².